The molecule has 1 aromatic heterocycles. The molecule has 1 heterocycles. The highest BCUT2D eigenvalue weighted by atomic mass is 19.1. The minimum atomic E-state index is -0.618. The molecule has 5 nitrogen and oxygen atoms in total. The molecule has 0 radical (unpaired) electrons. The number of esters is 1. The van der Waals surface area contributed by atoms with Crippen LogP contribution in [0.4, 0.5) is 10.1 Å². The average Bonchev–Trinajstić information content (AvgIpc) is 2.83. The monoisotopic (exact) mass is 291 g/mol. The number of furan rings is 1. The average molecular weight is 291 g/mol. The molecule has 0 atom stereocenters. The van der Waals surface area contributed by atoms with E-state index in [0.717, 1.165) is 11.6 Å². The van der Waals surface area contributed by atoms with Crippen molar-refractivity contribution < 1.29 is 23.1 Å². The van der Waals surface area contributed by atoms with Crippen LogP contribution in [0, 0.1) is 12.7 Å². The van der Waals surface area contributed by atoms with Gasteiger partial charge in [0.05, 0.1) is 17.5 Å². The molecule has 2 aromatic rings. The quantitative estimate of drug-likeness (QED) is 0.879. The van der Waals surface area contributed by atoms with Crippen LogP contribution in [0.2, 0.25) is 0 Å². The molecule has 0 saturated heterocycles. The molecular formula is C15H14FNO4. The van der Waals surface area contributed by atoms with Crippen molar-refractivity contribution in [3.05, 3.63) is 53.2 Å². The van der Waals surface area contributed by atoms with Gasteiger partial charge in [0.1, 0.15) is 18.2 Å². The fourth-order valence-electron chi connectivity index (χ4n) is 1.73. The van der Waals surface area contributed by atoms with Gasteiger partial charge in [-0.1, -0.05) is 0 Å². The van der Waals surface area contributed by atoms with Gasteiger partial charge < -0.3 is 14.5 Å². The highest BCUT2D eigenvalue weighted by Crippen LogP contribution is 2.18. The number of carbonyl (C=O) groups excluding carboxylic acids is 2. The van der Waals surface area contributed by atoms with Crippen LogP contribution in [0.3, 0.4) is 0 Å². The van der Waals surface area contributed by atoms with E-state index < -0.39 is 17.7 Å². The Labute approximate surface area is 120 Å². The number of carbonyl (C=O) groups is 2. The van der Waals surface area contributed by atoms with Crippen LogP contribution in [-0.4, -0.2) is 11.9 Å². The lowest BCUT2D eigenvalue weighted by atomic mass is 10.2. The van der Waals surface area contributed by atoms with Gasteiger partial charge in [0.15, 0.2) is 0 Å². The topological polar surface area (TPSA) is 68.5 Å². The van der Waals surface area contributed by atoms with E-state index >= 15 is 0 Å². The third kappa shape index (κ3) is 3.68. The summed E-state index contributed by atoms with van der Waals surface area (Å²) in [6.45, 7) is 3.08. The lowest BCUT2D eigenvalue weighted by Crippen LogP contribution is -2.10. The molecular weight excluding hydrogens is 277 g/mol. The molecule has 0 fully saturated rings. The van der Waals surface area contributed by atoms with Crippen LogP contribution in [0.25, 0.3) is 0 Å². The number of benzene rings is 1. The number of aryl methyl sites for hydroxylation is 1. The smallest absolute Gasteiger partial charge is 0.338 e. The number of rotatable bonds is 4. The number of hydrogen-bond donors (Lipinski definition) is 1. The van der Waals surface area contributed by atoms with E-state index in [1.807, 2.05) is 0 Å². The van der Waals surface area contributed by atoms with Gasteiger partial charge >= 0.3 is 5.97 Å². The molecule has 0 aliphatic heterocycles. The van der Waals surface area contributed by atoms with E-state index in [4.69, 9.17) is 9.15 Å². The molecule has 0 saturated carbocycles. The molecule has 1 amide bonds. The Morgan fingerprint density at radius 1 is 1.33 bits per heavy atom. The van der Waals surface area contributed by atoms with Crippen LogP contribution < -0.4 is 5.32 Å². The number of nitrogens with one attached hydrogen (secondary N) is 1. The van der Waals surface area contributed by atoms with Gasteiger partial charge in [0, 0.05) is 12.5 Å². The summed E-state index contributed by atoms with van der Waals surface area (Å²) >= 11 is 0. The Hall–Kier alpha value is -2.63. The van der Waals surface area contributed by atoms with E-state index in [0.29, 0.717) is 5.76 Å². The van der Waals surface area contributed by atoms with Gasteiger partial charge in [-0.3, -0.25) is 4.79 Å². The summed E-state index contributed by atoms with van der Waals surface area (Å²) in [5.41, 5.74) is 0.852. The third-order valence-corrected chi connectivity index (χ3v) is 2.84. The summed E-state index contributed by atoms with van der Waals surface area (Å²) in [6.07, 6.45) is 1.51. The fourth-order valence-corrected chi connectivity index (χ4v) is 1.73. The van der Waals surface area contributed by atoms with E-state index in [2.05, 4.69) is 5.32 Å². The lowest BCUT2D eigenvalue weighted by Gasteiger charge is -2.07. The molecule has 21 heavy (non-hydrogen) atoms. The molecule has 2 rings (SSSR count). The number of hydrogen-bond acceptors (Lipinski definition) is 4. The van der Waals surface area contributed by atoms with Crippen molar-refractivity contribution in [2.24, 2.45) is 0 Å². The van der Waals surface area contributed by atoms with E-state index in [9.17, 15) is 14.0 Å². The molecule has 110 valence electrons. The molecule has 0 spiro atoms. The zero-order chi connectivity index (χ0) is 15.4. The van der Waals surface area contributed by atoms with Gasteiger partial charge in [0.2, 0.25) is 5.91 Å². The minimum Gasteiger partial charge on any atom is -0.469 e. The Balaban J connectivity index is 2.08. The first kappa shape index (κ1) is 14.8. The van der Waals surface area contributed by atoms with Gasteiger partial charge in [-0.2, -0.15) is 0 Å². The summed E-state index contributed by atoms with van der Waals surface area (Å²) in [5.74, 6) is -0.982. The summed E-state index contributed by atoms with van der Waals surface area (Å²) in [7, 11) is 0. The lowest BCUT2D eigenvalue weighted by molar-refractivity contribution is -0.114. The number of ether oxygens (including phenoxy) is 1. The molecule has 1 N–H and O–H groups in total. The first-order valence-corrected chi connectivity index (χ1v) is 6.24. The van der Waals surface area contributed by atoms with Crippen molar-refractivity contribution in [3.63, 3.8) is 0 Å². The van der Waals surface area contributed by atoms with E-state index in [1.54, 1.807) is 13.0 Å². The van der Waals surface area contributed by atoms with Gasteiger partial charge in [-0.15, -0.1) is 0 Å². The van der Waals surface area contributed by atoms with Gasteiger partial charge in [-0.25, -0.2) is 9.18 Å². The maximum Gasteiger partial charge on any atom is 0.338 e. The zero-order valence-corrected chi connectivity index (χ0v) is 11.6. The van der Waals surface area contributed by atoms with Crippen molar-refractivity contribution >= 4 is 17.6 Å². The highest BCUT2D eigenvalue weighted by molar-refractivity contribution is 5.93. The van der Waals surface area contributed by atoms with E-state index in [1.165, 1.54) is 25.3 Å². The third-order valence-electron chi connectivity index (χ3n) is 2.84. The first-order valence-electron chi connectivity index (χ1n) is 6.24. The number of anilines is 1. The first-order chi connectivity index (χ1) is 9.97. The summed E-state index contributed by atoms with van der Waals surface area (Å²) in [6, 6.07) is 5.34. The SMILES string of the molecule is CC(=O)Nc1cc(C(=O)OCc2ccoc2C)ccc1F. The predicted molar refractivity (Wildman–Crippen MR) is 73.3 cm³/mol. The van der Waals surface area contributed by atoms with Gasteiger partial charge in [-0.05, 0) is 31.2 Å². The van der Waals surface area contributed by atoms with Crippen molar-refractivity contribution in [1.82, 2.24) is 0 Å². The minimum absolute atomic E-state index is 0.0589. The van der Waals surface area contributed by atoms with Crippen molar-refractivity contribution in [2.45, 2.75) is 20.5 Å². The summed E-state index contributed by atoms with van der Waals surface area (Å²) in [5, 5.41) is 2.31. The van der Waals surface area contributed by atoms with Gasteiger partial charge in [0.25, 0.3) is 0 Å². The predicted octanol–water partition coefficient (Wildman–Crippen LogP) is 3.04. The van der Waals surface area contributed by atoms with Crippen LogP contribution in [0.15, 0.2) is 34.9 Å². The Kier molecular flexibility index (Phi) is 4.37. The molecule has 0 bridgehead atoms. The largest absolute Gasteiger partial charge is 0.469 e. The molecule has 0 aliphatic rings. The number of amides is 1. The maximum absolute atomic E-state index is 13.5. The molecule has 1 aromatic carbocycles. The zero-order valence-electron chi connectivity index (χ0n) is 11.6. The Bertz CT molecular complexity index is 678. The van der Waals surface area contributed by atoms with Crippen molar-refractivity contribution in [1.29, 1.82) is 0 Å². The fraction of sp³-hybridized carbons (Fsp3) is 0.200. The Morgan fingerprint density at radius 2 is 2.10 bits per heavy atom. The second-order valence-corrected chi connectivity index (χ2v) is 4.45. The van der Waals surface area contributed by atoms with Crippen LogP contribution in [0.1, 0.15) is 28.6 Å². The van der Waals surface area contributed by atoms with Crippen LogP contribution >= 0.6 is 0 Å². The molecule has 0 aliphatic carbocycles. The number of halogens is 1. The normalized spacial score (nSPS) is 10.2. The molecule has 0 unspecified atom stereocenters. The van der Waals surface area contributed by atoms with Crippen LogP contribution in [-0.2, 0) is 16.1 Å². The Morgan fingerprint density at radius 3 is 2.71 bits per heavy atom. The van der Waals surface area contributed by atoms with Crippen molar-refractivity contribution in [2.75, 3.05) is 5.32 Å². The standard InChI is InChI=1S/C15H14FNO4/c1-9-12(5-6-20-9)8-21-15(19)11-3-4-13(16)14(7-11)17-10(2)18/h3-7H,8H2,1-2H3,(H,17,18). The second-order valence-electron chi connectivity index (χ2n) is 4.45. The molecule has 6 heteroatoms. The van der Waals surface area contributed by atoms with Crippen LogP contribution in [0.5, 0.6) is 0 Å². The van der Waals surface area contributed by atoms with E-state index in [-0.39, 0.29) is 17.9 Å². The summed E-state index contributed by atoms with van der Waals surface area (Å²) < 4.78 is 23.7. The highest BCUT2D eigenvalue weighted by Gasteiger charge is 2.13. The maximum atomic E-state index is 13.5. The second kappa shape index (κ2) is 6.21. The van der Waals surface area contributed by atoms with Crippen molar-refractivity contribution in [3.8, 4) is 0 Å². The summed E-state index contributed by atoms with van der Waals surface area (Å²) in [4.78, 5) is 22.9.